The summed E-state index contributed by atoms with van der Waals surface area (Å²) in [5.74, 6) is 1.83. The summed E-state index contributed by atoms with van der Waals surface area (Å²) in [5, 5.41) is 14.5. The number of rotatable bonds is 4. The summed E-state index contributed by atoms with van der Waals surface area (Å²) in [5.41, 5.74) is 6.32. The van der Waals surface area contributed by atoms with Gasteiger partial charge in [-0.25, -0.2) is 4.98 Å². The highest BCUT2D eigenvalue weighted by atomic mass is 32.1. The van der Waals surface area contributed by atoms with Crippen LogP contribution in [0.2, 0.25) is 0 Å². The summed E-state index contributed by atoms with van der Waals surface area (Å²) in [4.78, 5) is 16.1. The molecular weight excluding hydrogens is 773 g/mol. The zero-order chi connectivity index (χ0) is 41.3. The van der Waals surface area contributed by atoms with Crippen LogP contribution in [0.5, 0.6) is 0 Å². The van der Waals surface area contributed by atoms with E-state index in [0.717, 1.165) is 43.9 Å². The highest BCUT2D eigenvalue weighted by Gasteiger charge is 2.23. The van der Waals surface area contributed by atoms with Gasteiger partial charge in [0.15, 0.2) is 11.6 Å². The van der Waals surface area contributed by atoms with E-state index in [2.05, 4.69) is 199 Å². The summed E-state index contributed by atoms with van der Waals surface area (Å²) in [6.07, 6.45) is 0. The maximum atomic E-state index is 5.43. The third-order valence-corrected chi connectivity index (χ3v) is 13.4. The molecule has 0 fully saturated rings. The molecule has 0 saturated heterocycles. The highest BCUT2D eigenvalue weighted by Crippen LogP contribution is 2.46. The van der Waals surface area contributed by atoms with Crippen molar-refractivity contribution in [1.29, 1.82) is 0 Å². The minimum atomic E-state index is 0.577. The first-order valence-electron chi connectivity index (χ1n) is 21.3. The van der Waals surface area contributed by atoms with Crippen LogP contribution in [0.25, 0.3) is 125 Å². The second-order valence-corrected chi connectivity index (χ2v) is 16.6. The number of benzene rings is 10. The monoisotopic (exact) mass is 810 g/mol. The number of hydrogen-bond acceptors (Lipinski definition) is 4. The largest absolute Gasteiger partial charge is 0.277 e. The molecule has 0 N–H and O–H groups in total. The molecule has 0 amide bonds. The van der Waals surface area contributed by atoms with E-state index in [1.165, 1.54) is 63.4 Å². The van der Waals surface area contributed by atoms with E-state index < -0.39 is 0 Å². The van der Waals surface area contributed by atoms with Crippen molar-refractivity contribution in [1.82, 2.24) is 19.5 Å². The van der Waals surface area contributed by atoms with Crippen LogP contribution in [0.3, 0.4) is 0 Å². The molecule has 0 aliphatic carbocycles. The molecule has 13 rings (SSSR count). The number of para-hydroxylation sites is 1. The lowest BCUT2D eigenvalue weighted by Crippen LogP contribution is -2.07. The molecule has 0 atom stereocenters. The zero-order valence-corrected chi connectivity index (χ0v) is 35.0. The number of aromatic nitrogens is 4. The van der Waals surface area contributed by atoms with Crippen molar-refractivity contribution >= 4 is 96.4 Å². The van der Waals surface area contributed by atoms with Crippen LogP contribution in [0.4, 0.5) is 0 Å². The Kier molecular flexibility index (Phi) is 8.44. The molecule has 5 heteroatoms. The van der Waals surface area contributed by atoms with Crippen molar-refractivity contribution in [2.75, 3.05) is 0 Å². The average molecular weight is 811 g/mol. The van der Waals surface area contributed by atoms with Gasteiger partial charge in [0.05, 0.1) is 11.0 Å². The molecule has 0 unspecified atom stereocenters. The van der Waals surface area contributed by atoms with E-state index in [4.69, 9.17) is 15.0 Å². The lowest BCUT2D eigenvalue weighted by Gasteiger charge is -2.14. The second-order valence-electron chi connectivity index (χ2n) is 15.6. The molecule has 0 radical (unpaired) electrons. The predicted molar refractivity (Wildman–Crippen MR) is 265 cm³/mol. The van der Waals surface area contributed by atoms with Gasteiger partial charge in [-0.3, -0.25) is 4.57 Å². The smallest absolute Gasteiger partial charge is 0.238 e. The van der Waals surface area contributed by atoms with Crippen LogP contribution in [-0.2, 0) is 0 Å². The molecule has 0 bridgehead atoms. The fourth-order valence-electron chi connectivity index (χ4n) is 9.42. The van der Waals surface area contributed by atoms with Gasteiger partial charge in [-0.1, -0.05) is 184 Å². The van der Waals surface area contributed by atoms with Gasteiger partial charge in [-0.2, -0.15) is 9.97 Å². The normalized spacial score (nSPS) is 11.7. The Morgan fingerprint density at radius 3 is 1.53 bits per heavy atom. The van der Waals surface area contributed by atoms with Crippen molar-refractivity contribution in [2.45, 2.75) is 13.8 Å². The number of thiophene rings is 1. The number of fused-ring (bicyclic) bond motifs is 12. The second kappa shape index (κ2) is 14.5. The number of hydrogen-bond donors (Lipinski definition) is 0. The van der Waals surface area contributed by atoms with Crippen molar-refractivity contribution in [3.63, 3.8) is 0 Å². The predicted octanol–water partition coefficient (Wildman–Crippen LogP) is 16.0. The van der Waals surface area contributed by atoms with E-state index in [1.54, 1.807) is 0 Å². The lowest BCUT2D eigenvalue weighted by atomic mass is 9.97. The van der Waals surface area contributed by atoms with Gasteiger partial charge < -0.3 is 0 Å². The van der Waals surface area contributed by atoms with Crippen molar-refractivity contribution in [2.24, 2.45) is 0 Å². The van der Waals surface area contributed by atoms with E-state index >= 15 is 0 Å². The highest BCUT2D eigenvalue weighted by molar-refractivity contribution is 7.26. The lowest BCUT2D eigenvalue weighted by molar-refractivity contribution is 0.954. The summed E-state index contributed by atoms with van der Waals surface area (Å²) in [7, 11) is 0. The maximum Gasteiger partial charge on any atom is 0.238 e. The molecule has 0 aliphatic heterocycles. The average Bonchev–Trinajstić information content (AvgIpc) is 3.91. The molecule has 0 spiro atoms. The molecule has 3 heterocycles. The maximum absolute atomic E-state index is 5.43. The minimum Gasteiger partial charge on any atom is -0.277 e. The van der Waals surface area contributed by atoms with Gasteiger partial charge in [0, 0.05) is 53.2 Å². The molecule has 3 aromatic heterocycles. The van der Waals surface area contributed by atoms with Gasteiger partial charge >= 0.3 is 0 Å². The Labute approximate surface area is 362 Å². The van der Waals surface area contributed by atoms with Crippen LogP contribution in [0.15, 0.2) is 194 Å². The van der Waals surface area contributed by atoms with Crippen LogP contribution < -0.4 is 0 Å². The van der Waals surface area contributed by atoms with Crippen LogP contribution >= 0.6 is 11.3 Å². The fraction of sp³-hybridized carbons (Fsp3) is 0.0351. The van der Waals surface area contributed by atoms with Gasteiger partial charge in [-0.15, -0.1) is 11.3 Å². The Hall–Kier alpha value is -7.73. The van der Waals surface area contributed by atoms with Gasteiger partial charge in [-0.05, 0) is 67.4 Å². The minimum absolute atomic E-state index is 0.577. The number of nitrogens with zero attached hydrogens (tertiary/aromatic N) is 4. The zero-order valence-electron chi connectivity index (χ0n) is 34.2. The van der Waals surface area contributed by atoms with Crippen LogP contribution in [-0.4, -0.2) is 19.5 Å². The molecule has 292 valence electrons. The molecule has 10 aromatic carbocycles. The van der Waals surface area contributed by atoms with Gasteiger partial charge in [0.25, 0.3) is 0 Å². The van der Waals surface area contributed by atoms with E-state index in [0.29, 0.717) is 17.6 Å². The van der Waals surface area contributed by atoms with Gasteiger partial charge in [0.2, 0.25) is 5.95 Å². The Morgan fingerprint density at radius 1 is 0.387 bits per heavy atom. The molecule has 13 aromatic rings. The van der Waals surface area contributed by atoms with E-state index in [-0.39, 0.29) is 0 Å². The van der Waals surface area contributed by atoms with Crippen LogP contribution in [0.1, 0.15) is 13.8 Å². The third-order valence-electron chi connectivity index (χ3n) is 12.2. The first-order valence-corrected chi connectivity index (χ1v) is 22.1. The van der Waals surface area contributed by atoms with Crippen molar-refractivity contribution < 1.29 is 0 Å². The Bertz CT molecular complexity index is 3820. The summed E-state index contributed by atoms with van der Waals surface area (Å²) in [6.45, 7) is 4.00. The van der Waals surface area contributed by atoms with E-state index in [9.17, 15) is 0 Å². The van der Waals surface area contributed by atoms with Gasteiger partial charge in [0.1, 0.15) is 0 Å². The third kappa shape index (κ3) is 5.63. The first kappa shape index (κ1) is 36.1. The Balaban J connectivity index is 0.00000202. The molecule has 4 nitrogen and oxygen atoms in total. The quantitative estimate of drug-likeness (QED) is 0.178. The molecule has 0 aliphatic rings. The molecular formula is C57H38N4S. The van der Waals surface area contributed by atoms with Crippen molar-refractivity contribution in [3.8, 4) is 39.9 Å². The van der Waals surface area contributed by atoms with Crippen LogP contribution in [0, 0.1) is 0 Å². The molecule has 62 heavy (non-hydrogen) atoms. The standard InChI is InChI=1S/C55H32N4S.C2H6/c1-3-15-37-31-39(25-23-33(37)11-1)53-56-54(40-26-24-34-12-2-4-16-38(34)32-40)58-55(57-53)59-47-29-27-35-13-5-7-17-41(35)49(47)45-21-9-19-43(51(45)59)44-20-10-22-46-50-42-18-8-6-14-36(42)28-30-48(50)60-52(44)46;1-2/h1-32H;1-2H3. The summed E-state index contributed by atoms with van der Waals surface area (Å²) >= 11 is 1.87. The summed E-state index contributed by atoms with van der Waals surface area (Å²) < 4.78 is 4.85. The van der Waals surface area contributed by atoms with E-state index in [1.807, 2.05) is 25.2 Å². The fourth-order valence-corrected chi connectivity index (χ4v) is 10.7. The molecule has 0 saturated carbocycles. The topological polar surface area (TPSA) is 43.6 Å². The van der Waals surface area contributed by atoms with Crippen molar-refractivity contribution in [3.05, 3.63) is 194 Å². The summed E-state index contributed by atoms with van der Waals surface area (Å²) in [6, 6.07) is 69.7. The SMILES string of the molecule is CC.c1ccc2cc(-c3nc(-c4ccc5ccccc5c4)nc(-n4c5ccc6ccccc6c5c5cccc(-c6cccc7c6sc6ccc8ccccc8c67)c54)n3)ccc2c1. The Morgan fingerprint density at radius 2 is 0.887 bits per heavy atom. The first-order chi connectivity index (χ1) is 30.7.